The van der Waals surface area contributed by atoms with E-state index in [4.69, 9.17) is 0 Å². The molecule has 1 N–H and O–H groups in total. The van der Waals surface area contributed by atoms with E-state index < -0.39 is 0 Å². The third-order valence-corrected chi connectivity index (χ3v) is 5.54. The largest absolute Gasteiger partial charge is 0.509 e. The van der Waals surface area contributed by atoms with Crippen molar-refractivity contribution in [1.29, 1.82) is 5.26 Å². The Morgan fingerprint density at radius 3 is 2.68 bits per heavy atom. The summed E-state index contributed by atoms with van der Waals surface area (Å²) >= 11 is 0. The molecule has 1 aromatic heterocycles. The van der Waals surface area contributed by atoms with Crippen molar-refractivity contribution in [1.82, 2.24) is 19.7 Å². The number of fused-ring (bicyclic) bond motifs is 1. The molecule has 0 atom stereocenters. The normalized spacial score (nSPS) is 18.5. The van der Waals surface area contributed by atoms with E-state index in [2.05, 4.69) is 51.5 Å². The van der Waals surface area contributed by atoms with Crippen molar-refractivity contribution in [3.63, 3.8) is 0 Å². The van der Waals surface area contributed by atoms with Crippen LogP contribution in [0, 0.1) is 11.3 Å². The van der Waals surface area contributed by atoms with Gasteiger partial charge in [0.25, 0.3) is 0 Å². The van der Waals surface area contributed by atoms with E-state index in [1.54, 1.807) is 0 Å². The highest BCUT2D eigenvalue weighted by atomic mass is 16.3. The topological polar surface area (TPSA) is 78.0 Å². The SMILES string of the molecule is N#C/C(=C(/O)CN1CC=C(c2ccccc2)CC1)c1nnc2n1CCCCC2. The maximum absolute atomic E-state index is 10.7. The zero-order chi connectivity index (χ0) is 19.3. The van der Waals surface area contributed by atoms with Crippen LogP contribution < -0.4 is 0 Å². The van der Waals surface area contributed by atoms with E-state index in [-0.39, 0.29) is 11.3 Å². The highest BCUT2D eigenvalue weighted by Gasteiger charge is 2.22. The van der Waals surface area contributed by atoms with Crippen LogP contribution in [0.1, 0.15) is 42.9 Å². The van der Waals surface area contributed by atoms with Crippen LogP contribution in [-0.2, 0) is 13.0 Å². The number of aliphatic hydroxyl groups excluding tert-OH is 1. The Kier molecular flexibility index (Phi) is 5.54. The van der Waals surface area contributed by atoms with Crippen LogP contribution in [0.5, 0.6) is 0 Å². The highest BCUT2D eigenvalue weighted by Crippen LogP contribution is 2.24. The Labute approximate surface area is 165 Å². The van der Waals surface area contributed by atoms with Gasteiger partial charge in [-0.05, 0) is 30.4 Å². The molecule has 0 unspecified atom stereocenters. The predicted molar refractivity (Wildman–Crippen MR) is 108 cm³/mol. The molecule has 0 radical (unpaired) electrons. The molecule has 1 aromatic carbocycles. The molecule has 4 rings (SSSR count). The first-order valence-electron chi connectivity index (χ1n) is 9.97. The number of hydrogen-bond acceptors (Lipinski definition) is 5. The summed E-state index contributed by atoms with van der Waals surface area (Å²) in [6.07, 6.45) is 7.33. The van der Waals surface area contributed by atoms with Crippen LogP contribution in [0.2, 0.25) is 0 Å². The molecule has 2 aromatic rings. The summed E-state index contributed by atoms with van der Waals surface area (Å²) in [6.45, 7) is 2.76. The minimum Gasteiger partial charge on any atom is -0.509 e. The number of benzene rings is 1. The zero-order valence-electron chi connectivity index (χ0n) is 16.0. The van der Waals surface area contributed by atoms with Gasteiger partial charge in [0.2, 0.25) is 0 Å². The molecule has 6 nitrogen and oxygen atoms in total. The molecule has 144 valence electrons. The lowest BCUT2D eigenvalue weighted by molar-refractivity contribution is 0.270. The Morgan fingerprint density at radius 2 is 1.93 bits per heavy atom. The Morgan fingerprint density at radius 1 is 1.07 bits per heavy atom. The van der Waals surface area contributed by atoms with E-state index in [1.807, 2.05) is 10.6 Å². The number of aryl methyl sites for hydroxylation is 1. The van der Waals surface area contributed by atoms with Crippen LogP contribution in [0.4, 0.5) is 0 Å². The fourth-order valence-electron chi connectivity index (χ4n) is 3.97. The fraction of sp³-hybridized carbons (Fsp3) is 0.409. The molecule has 0 amide bonds. The van der Waals surface area contributed by atoms with Gasteiger partial charge >= 0.3 is 0 Å². The van der Waals surface area contributed by atoms with Crippen molar-refractivity contribution < 1.29 is 5.11 Å². The van der Waals surface area contributed by atoms with Gasteiger partial charge < -0.3 is 9.67 Å². The first kappa shape index (κ1) is 18.5. The number of allylic oxidation sites excluding steroid dienone is 1. The Hall–Kier alpha value is -2.91. The summed E-state index contributed by atoms with van der Waals surface area (Å²) in [6, 6.07) is 12.6. The summed E-state index contributed by atoms with van der Waals surface area (Å²) in [5.74, 6) is 1.51. The molecule has 0 bridgehead atoms. The predicted octanol–water partition coefficient (Wildman–Crippen LogP) is 3.59. The minimum atomic E-state index is 0.0820. The molecule has 3 heterocycles. The maximum atomic E-state index is 10.7. The summed E-state index contributed by atoms with van der Waals surface area (Å²) in [5.41, 5.74) is 2.84. The van der Waals surface area contributed by atoms with E-state index in [9.17, 15) is 10.4 Å². The van der Waals surface area contributed by atoms with Gasteiger partial charge in [-0.15, -0.1) is 10.2 Å². The quantitative estimate of drug-likeness (QED) is 0.653. The lowest BCUT2D eigenvalue weighted by Gasteiger charge is -2.26. The van der Waals surface area contributed by atoms with Crippen LogP contribution in [0.3, 0.4) is 0 Å². The summed E-state index contributed by atoms with van der Waals surface area (Å²) in [4.78, 5) is 2.15. The summed E-state index contributed by atoms with van der Waals surface area (Å²) in [7, 11) is 0. The van der Waals surface area contributed by atoms with Crippen LogP contribution in [0.15, 0.2) is 42.2 Å². The van der Waals surface area contributed by atoms with Crippen molar-refractivity contribution in [3.8, 4) is 6.07 Å². The molecule has 0 aliphatic carbocycles. The maximum Gasteiger partial charge on any atom is 0.178 e. The van der Waals surface area contributed by atoms with Gasteiger partial charge in [0, 0.05) is 26.1 Å². The van der Waals surface area contributed by atoms with Gasteiger partial charge in [0.05, 0.1) is 6.54 Å². The van der Waals surface area contributed by atoms with Crippen molar-refractivity contribution in [2.75, 3.05) is 19.6 Å². The van der Waals surface area contributed by atoms with E-state index in [1.165, 1.54) is 11.1 Å². The molecule has 0 spiro atoms. The standard InChI is InChI=1S/C22H25N5O/c23-15-19(22-25-24-21-9-5-2-6-12-27(21)22)20(28)16-26-13-10-18(11-14-26)17-7-3-1-4-8-17/h1,3-4,7-8,10,28H,2,5-6,9,11-14,16H2/b20-19-. The number of hydrogen-bond donors (Lipinski definition) is 1. The van der Waals surface area contributed by atoms with Gasteiger partial charge in [0.1, 0.15) is 23.2 Å². The van der Waals surface area contributed by atoms with Gasteiger partial charge in [-0.1, -0.05) is 42.8 Å². The second kappa shape index (κ2) is 8.41. The van der Waals surface area contributed by atoms with E-state index in [0.29, 0.717) is 12.4 Å². The lowest BCUT2D eigenvalue weighted by atomic mass is 9.99. The molecule has 0 saturated carbocycles. The first-order chi connectivity index (χ1) is 13.8. The monoisotopic (exact) mass is 375 g/mol. The third kappa shape index (κ3) is 3.85. The van der Waals surface area contributed by atoms with Crippen LogP contribution >= 0.6 is 0 Å². The van der Waals surface area contributed by atoms with E-state index in [0.717, 1.165) is 57.6 Å². The molecular formula is C22H25N5O. The van der Waals surface area contributed by atoms with Crippen molar-refractivity contribution in [2.45, 2.75) is 38.6 Å². The average Bonchev–Trinajstić information content (AvgIpc) is 2.97. The van der Waals surface area contributed by atoms with Crippen molar-refractivity contribution in [3.05, 3.63) is 59.4 Å². The van der Waals surface area contributed by atoms with Crippen LogP contribution in [-0.4, -0.2) is 44.4 Å². The second-order valence-corrected chi connectivity index (χ2v) is 7.42. The van der Waals surface area contributed by atoms with Crippen LogP contribution in [0.25, 0.3) is 11.1 Å². The van der Waals surface area contributed by atoms with Gasteiger partial charge in [-0.2, -0.15) is 5.26 Å². The third-order valence-electron chi connectivity index (χ3n) is 5.54. The zero-order valence-corrected chi connectivity index (χ0v) is 16.0. The van der Waals surface area contributed by atoms with Gasteiger partial charge in [0.15, 0.2) is 5.82 Å². The molecule has 0 saturated heterocycles. The highest BCUT2D eigenvalue weighted by molar-refractivity contribution is 5.74. The minimum absolute atomic E-state index is 0.0820. The molecular weight excluding hydrogens is 350 g/mol. The number of aromatic nitrogens is 3. The second-order valence-electron chi connectivity index (χ2n) is 7.42. The summed E-state index contributed by atoms with van der Waals surface area (Å²) < 4.78 is 2.01. The van der Waals surface area contributed by atoms with E-state index >= 15 is 0 Å². The molecule has 0 fully saturated rings. The molecule has 6 heteroatoms. The number of aliphatic hydroxyl groups is 1. The Balaban J connectivity index is 1.50. The Bertz CT molecular complexity index is 936. The summed E-state index contributed by atoms with van der Waals surface area (Å²) in [5, 5.41) is 28.9. The first-order valence-corrected chi connectivity index (χ1v) is 9.97. The lowest BCUT2D eigenvalue weighted by Crippen LogP contribution is -2.30. The molecule has 28 heavy (non-hydrogen) atoms. The number of rotatable bonds is 4. The molecule has 2 aliphatic rings. The smallest absolute Gasteiger partial charge is 0.178 e. The van der Waals surface area contributed by atoms with Crippen molar-refractivity contribution in [2.24, 2.45) is 0 Å². The molecule has 2 aliphatic heterocycles. The number of nitrogens with zero attached hydrogens (tertiary/aromatic N) is 5. The van der Waals surface area contributed by atoms with Crippen molar-refractivity contribution >= 4 is 11.1 Å². The average molecular weight is 375 g/mol. The van der Waals surface area contributed by atoms with Gasteiger partial charge in [-0.3, -0.25) is 4.90 Å². The van der Waals surface area contributed by atoms with Gasteiger partial charge in [-0.25, -0.2) is 0 Å². The number of nitriles is 1. The fourth-order valence-corrected chi connectivity index (χ4v) is 3.97.